The van der Waals surface area contributed by atoms with Crippen molar-refractivity contribution in [2.75, 3.05) is 18.4 Å². The SMILES string of the molecule is COCCc1ccccc1NS(=O)(=O)c1c[nH]c(CN)c1. The first-order chi connectivity index (χ1) is 10.1. The Morgan fingerprint density at radius 2 is 2.10 bits per heavy atom. The number of ether oxygens (including phenoxy) is 1. The third kappa shape index (κ3) is 3.84. The summed E-state index contributed by atoms with van der Waals surface area (Å²) in [4.78, 5) is 3.00. The molecule has 2 aromatic rings. The molecule has 0 saturated carbocycles. The van der Waals surface area contributed by atoms with Gasteiger partial charge in [0.05, 0.1) is 12.3 Å². The lowest BCUT2D eigenvalue weighted by molar-refractivity contribution is 0.202. The van der Waals surface area contributed by atoms with E-state index < -0.39 is 10.0 Å². The van der Waals surface area contributed by atoms with Gasteiger partial charge in [0.15, 0.2) is 0 Å². The van der Waals surface area contributed by atoms with Crippen LogP contribution in [0.15, 0.2) is 41.4 Å². The highest BCUT2D eigenvalue weighted by Crippen LogP contribution is 2.21. The lowest BCUT2D eigenvalue weighted by Crippen LogP contribution is -2.14. The van der Waals surface area contributed by atoms with E-state index in [9.17, 15) is 8.42 Å². The van der Waals surface area contributed by atoms with Gasteiger partial charge in [0, 0.05) is 25.5 Å². The van der Waals surface area contributed by atoms with Gasteiger partial charge in [-0.15, -0.1) is 0 Å². The average Bonchev–Trinajstić information content (AvgIpc) is 2.96. The predicted octanol–water partition coefficient (Wildman–Crippen LogP) is 1.46. The van der Waals surface area contributed by atoms with Crippen molar-refractivity contribution in [1.82, 2.24) is 4.98 Å². The maximum absolute atomic E-state index is 12.4. The van der Waals surface area contributed by atoms with Crippen LogP contribution in [0.25, 0.3) is 0 Å². The number of H-pyrrole nitrogens is 1. The van der Waals surface area contributed by atoms with Crippen LogP contribution < -0.4 is 10.5 Å². The summed E-state index contributed by atoms with van der Waals surface area (Å²) in [7, 11) is -2.02. The van der Waals surface area contributed by atoms with Gasteiger partial charge >= 0.3 is 0 Å². The molecule has 0 radical (unpaired) electrons. The molecule has 0 unspecified atom stereocenters. The molecule has 0 aliphatic heterocycles. The first-order valence-electron chi connectivity index (χ1n) is 6.54. The molecule has 0 saturated heterocycles. The molecule has 1 aromatic heterocycles. The minimum Gasteiger partial charge on any atom is -0.384 e. The van der Waals surface area contributed by atoms with Crippen molar-refractivity contribution < 1.29 is 13.2 Å². The van der Waals surface area contributed by atoms with Crippen molar-refractivity contribution in [2.24, 2.45) is 5.73 Å². The fraction of sp³-hybridized carbons (Fsp3) is 0.286. The first-order valence-corrected chi connectivity index (χ1v) is 8.02. The first kappa shape index (κ1) is 15.6. The van der Waals surface area contributed by atoms with Gasteiger partial charge in [-0.25, -0.2) is 8.42 Å². The van der Waals surface area contributed by atoms with E-state index in [1.54, 1.807) is 19.2 Å². The van der Waals surface area contributed by atoms with Crippen molar-refractivity contribution >= 4 is 15.7 Å². The molecule has 4 N–H and O–H groups in total. The highest BCUT2D eigenvalue weighted by Gasteiger charge is 2.17. The Labute approximate surface area is 124 Å². The van der Waals surface area contributed by atoms with Crippen molar-refractivity contribution in [1.29, 1.82) is 0 Å². The van der Waals surface area contributed by atoms with Crippen LogP contribution in [-0.2, 0) is 27.7 Å². The van der Waals surface area contributed by atoms with Gasteiger partial charge in [0.25, 0.3) is 10.0 Å². The number of hydrogen-bond acceptors (Lipinski definition) is 4. The van der Waals surface area contributed by atoms with Crippen molar-refractivity contribution in [3.05, 3.63) is 47.8 Å². The predicted molar refractivity (Wildman–Crippen MR) is 81.5 cm³/mol. The van der Waals surface area contributed by atoms with E-state index >= 15 is 0 Å². The molecule has 0 aliphatic rings. The third-order valence-corrected chi connectivity index (χ3v) is 4.43. The van der Waals surface area contributed by atoms with Crippen LogP contribution in [0.3, 0.4) is 0 Å². The number of aromatic amines is 1. The fourth-order valence-corrected chi connectivity index (χ4v) is 3.06. The molecule has 0 spiro atoms. The zero-order chi connectivity index (χ0) is 15.3. The standard InChI is InChI=1S/C14H19N3O3S/c1-20-7-6-11-4-2-3-5-14(11)17-21(18,19)13-8-12(9-15)16-10-13/h2-5,8,10,16-17H,6-7,9,15H2,1H3. The van der Waals surface area contributed by atoms with E-state index in [0.29, 0.717) is 24.4 Å². The quantitative estimate of drug-likeness (QED) is 0.721. The largest absolute Gasteiger partial charge is 0.384 e. The van der Waals surface area contributed by atoms with Gasteiger partial charge in [-0.1, -0.05) is 18.2 Å². The van der Waals surface area contributed by atoms with E-state index in [-0.39, 0.29) is 11.4 Å². The number of benzene rings is 1. The lowest BCUT2D eigenvalue weighted by Gasteiger charge is -2.11. The number of sulfonamides is 1. The summed E-state index contributed by atoms with van der Waals surface area (Å²) in [6.45, 7) is 0.792. The van der Waals surface area contributed by atoms with Crippen LogP contribution >= 0.6 is 0 Å². The Morgan fingerprint density at radius 3 is 2.76 bits per heavy atom. The summed E-state index contributed by atoms with van der Waals surface area (Å²) in [5.41, 5.74) is 7.59. The molecule has 6 nitrogen and oxygen atoms in total. The maximum Gasteiger partial charge on any atom is 0.263 e. The van der Waals surface area contributed by atoms with Crippen LogP contribution in [0, 0.1) is 0 Å². The highest BCUT2D eigenvalue weighted by molar-refractivity contribution is 7.92. The fourth-order valence-electron chi connectivity index (χ4n) is 1.95. The number of methoxy groups -OCH3 is 1. The molecule has 0 amide bonds. The smallest absolute Gasteiger partial charge is 0.263 e. The number of rotatable bonds is 7. The van der Waals surface area contributed by atoms with E-state index in [4.69, 9.17) is 10.5 Å². The summed E-state index contributed by atoms with van der Waals surface area (Å²) in [6.07, 6.45) is 2.07. The summed E-state index contributed by atoms with van der Waals surface area (Å²) >= 11 is 0. The van der Waals surface area contributed by atoms with Gasteiger partial charge in [-0.2, -0.15) is 0 Å². The van der Waals surface area contributed by atoms with Crippen molar-refractivity contribution in [2.45, 2.75) is 17.9 Å². The maximum atomic E-state index is 12.4. The molecular formula is C14H19N3O3S. The molecule has 0 bridgehead atoms. The normalized spacial score (nSPS) is 11.5. The van der Waals surface area contributed by atoms with E-state index in [0.717, 1.165) is 5.56 Å². The second-order valence-electron chi connectivity index (χ2n) is 4.57. The molecule has 114 valence electrons. The molecule has 21 heavy (non-hydrogen) atoms. The van der Waals surface area contributed by atoms with Crippen LogP contribution in [0.5, 0.6) is 0 Å². The topological polar surface area (TPSA) is 97.2 Å². The second kappa shape index (κ2) is 6.75. The Hall–Kier alpha value is -1.83. The van der Waals surface area contributed by atoms with Crippen LogP contribution in [0.1, 0.15) is 11.3 Å². The molecule has 0 fully saturated rings. The molecule has 0 aliphatic carbocycles. The summed E-state index contributed by atoms with van der Waals surface area (Å²) < 4.78 is 32.3. The monoisotopic (exact) mass is 309 g/mol. The van der Waals surface area contributed by atoms with Crippen LogP contribution in [0.2, 0.25) is 0 Å². The zero-order valence-electron chi connectivity index (χ0n) is 11.8. The number of para-hydroxylation sites is 1. The summed E-state index contributed by atoms with van der Waals surface area (Å²) in [6, 6.07) is 8.79. The minimum atomic E-state index is -3.63. The molecule has 2 rings (SSSR count). The van der Waals surface area contributed by atoms with Crippen LogP contribution in [0.4, 0.5) is 5.69 Å². The molecule has 1 heterocycles. The van der Waals surface area contributed by atoms with Gasteiger partial charge in [0.1, 0.15) is 4.90 Å². The number of aromatic nitrogens is 1. The highest BCUT2D eigenvalue weighted by atomic mass is 32.2. The van der Waals surface area contributed by atoms with Gasteiger partial charge in [-0.05, 0) is 24.1 Å². The zero-order valence-corrected chi connectivity index (χ0v) is 12.6. The van der Waals surface area contributed by atoms with Crippen molar-refractivity contribution in [3.63, 3.8) is 0 Å². The molecule has 7 heteroatoms. The number of hydrogen-bond donors (Lipinski definition) is 3. The Morgan fingerprint density at radius 1 is 1.33 bits per heavy atom. The Bertz CT molecular complexity index is 695. The molecule has 1 aromatic carbocycles. The van der Waals surface area contributed by atoms with Crippen molar-refractivity contribution in [3.8, 4) is 0 Å². The summed E-state index contributed by atoms with van der Waals surface area (Å²) in [5.74, 6) is 0. The van der Waals surface area contributed by atoms with E-state index in [2.05, 4.69) is 9.71 Å². The second-order valence-corrected chi connectivity index (χ2v) is 6.25. The van der Waals surface area contributed by atoms with Crippen LogP contribution in [-0.4, -0.2) is 27.1 Å². The Balaban J connectivity index is 2.24. The van der Waals surface area contributed by atoms with E-state index in [1.807, 2.05) is 12.1 Å². The summed E-state index contributed by atoms with van der Waals surface area (Å²) in [5, 5.41) is 0. The average molecular weight is 309 g/mol. The van der Waals surface area contributed by atoms with Gasteiger partial charge in [0.2, 0.25) is 0 Å². The van der Waals surface area contributed by atoms with Gasteiger partial charge < -0.3 is 15.5 Å². The number of nitrogens with two attached hydrogens (primary N) is 1. The number of anilines is 1. The Kier molecular flexibility index (Phi) is 5.00. The minimum absolute atomic E-state index is 0.171. The van der Waals surface area contributed by atoms with Gasteiger partial charge in [-0.3, -0.25) is 4.72 Å². The van der Waals surface area contributed by atoms with E-state index in [1.165, 1.54) is 12.3 Å². The number of nitrogens with one attached hydrogen (secondary N) is 2. The molecule has 0 atom stereocenters. The third-order valence-electron chi connectivity index (χ3n) is 3.08. The molecular weight excluding hydrogens is 290 g/mol. The lowest BCUT2D eigenvalue weighted by atomic mass is 10.1.